The summed E-state index contributed by atoms with van der Waals surface area (Å²) in [6.07, 6.45) is 5.02. The van der Waals surface area contributed by atoms with E-state index in [0.29, 0.717) is 0 Å². The summed E-state index contributed by atoms with van der Waals surface area (Å²) in [6.45, 7) is 3.94. The molecule has 1 aromatic rings. The van der Waals surface area contributed by atoms with Gasteiger partial charge in [-0.15, -0.1) is 0 Å². The minimum Gasteiger partial charge on any atom is -0.313 e. The molecule has 1 N–H and O–H groups in total. The Hall–Kier alpha value is -0.410. The van der Waals surface area contributed by atoms with E-state index in [1.54, 1.807) is 12.1 Å². The van der Waals surface area contributed by atoms with Crippen LogP contribution in [0.1, 0.15) is 38.2 Å². The van der Waals surface area contributed by atoms with Crippen molar-refractivity contribution in [2.45, 2.75) is 39.2 Å². The van der Waals surface area contributed by atoms with Crippen molar-refractivity contribution in [2.24, 2.45) is 0 Å². The summed E-state index contributed by atoms with van der Waals surface area (Å²) in [7, 11) is 0. The van der Waals surface area contributed by atoms with E-state index in [2.05, 4.69) is 28.2 Å². The molecule has 3 heteroatoms. The third-order valence-corrected chi connectivity index (χ3v) is 3.30. The van der Waals surface area contributed by atoms with Crippen molar-refractivity contribution in [2.75, 3.05) is 6.54 Å². The predicted molar refractivity (Wildman–Crippen MR) is 69.9 cm³/mol. The van der Waals surface area contributed by atoms with Gasteiger partial charge in [-0.3, -0.25) is 0 Å². The van der Waals surface area contributed by atoms with Gasteiger partial charge in [-0.05, 0) is 36.7 Å². The molecule has 0 amide bonds. The molecule has 1 nitrogen and oxygen atoms in total. The molecule has 0 spiro atoms. The van der Waals surface area contributed by atoms with Crippen molar-refractivity contribution < 1.29 is 4.39 Å². The lowest BCUT2D eigenvalue weighted by atomic mass is 10.2. The molecule has 0 fully saturated rings. The molecule has 1 aromatic carbocycles. The molecule has 0 unspecified atom stereocenters. The number of hydrogen-bond donors (Lipinski definition) is 1. The molecule has 0 saturated heterocycles. The van der Waals surface area contributed by atoms with Gasteiger partial charge in [0.15, 0.2) is 0 Å². The number of hydrogen-bond acceptors (Lipinski definition) is 1. The zero-order chi connectivity index (χ0) is 11.8. The van der Waals surface area contributed by atoms with E-state index in [1.165, 1.54) is 31.7 Å². The minimum absolute atomic E-state index is 0.175. The van der Waals surface area contributed by atoms with Gasteiger partial charge < -0.3 is 5.32 Å². The van der Waals surface area contributed by atoms with Gasteiger partial charge >= 0.3 is 0 Å². The monoisotopic (exact) mass is 287 g/mol. The Kier molecular flexibility index (Phi) is 6.65. The topological polar surface area (TPSA) is 12.0 Å². The van der Waals surface area contributed by atoms with Gasteiger partial charge in [0.1, 0.15) is 5.82 Å². The molecule has 0 aliphatic heterocycles. The van der Waals surface area contributed by atoms with Gasteiger partial charge in [0.05, 0.1) is 0 Å². The highest BCUT2D eigenvalue weighted by molar-refractivity contribution is 9.10. The Balaban J connectivity index is 2.23. The van der Waals surface area contributed by atoms with Crippen LogP contribution in [0.3, 0.4) is 0 Å². The Bertz CT molecular complexity index is 315. The van der Waals surface area contributed by atoms with Crippen molar-refractivity contribution in [3.8, 4) is 0 Å². The fraction of sp³-hybridized carbons (Fsp3) is 0.538. The van der Waals surface area contributed by atoms with E-state index < -0.39 is 0 Å². The normalized spacial score (nSPS) is 10.7. The SMILES string of the molecule is CCCCCCNCc1cc(F)ccc1Br. The van der Waals surface area contributed by atoms with Crippen molar-refractivity contribution in [1.29, 1.82) is 0 Å². The number of nitrogens with one attached hydrogen (secondary N) is 1. The Morgan fingerprint density at radius 3 is 2.81 bits per heavy atom. The number of benzene rings is 1. The second-order valence-electron chi connectivity index (χ2n) is 3.97. The smallest absolute Gasteiger partial charge is 0.123 e. The fourth-order valence-electron chi connectivity index (χ4n) is 1.58. The van der Waals surface area contributed by atoms with Gasteiger partial charge in [-0.2, -0.15) is 0 Å². The minimum atomic E-state index is -0.175. The first-order chi connectivity index (χ1) is 7.74. The maximum absolute atomic E-state index is 13.0. The summed E-state index contributed by atoms with van der Waals surface area (Å²) < 4.78 is 13.9. The van der Waals surface area contributed by atoms with Gasteiger partial charge in [0.2, 0.25) is 0 Å². The Morgan fingerprint density at radius 2 is 2.06 bits per heavy atom. The molecule has 1 rings (SSSR count). The molecule has 16 heavy (non-hydrogen) atoms. The summed E-state index contributed by atoms with van der Waals surface area (Å²) >= 11 is 3.42. The van der Waals surface area contributed by atoms with Crippen LogP contribution in [0.15, 0.2) is 22.7 Å². The Morgan fingerprint density at radius 1 is 1.25 bits per heavy atom. The van der Waals surface area contributed by atoms with Crippen molar-refractivity contribution in [3.05, 3.63) is 34.1 Å². The molecule has 90 valence electrons. The molecule has 0 bridgehead atoms. The van der Waals surface area contributed by atoms with Crippen LogP contribution in [0.2, 0.25) is 0 Å². The van der Waals surface area contributed by atoms with E-state index >= 15 is 0 Å². The standard InChI is InChI=1S/C13H19BrFN/c1-2-3-4-5-8-16-10-11-9-12(15)6-7-13(11)14/h6-7,9,16H,2-5,8,10H2,1H3. The van der Waals surface area contributed by atoms with Gasteiger partial charge in [0, 0.05) is 11.0 Å². The molecule has 0 aliphatic rings. The first-order valence-electron chi connectivity index (χ1n) is 5.88. The maximum atomic E-state index is 13.0. The van der Waals surface area contributed by atoms with Gasteiger partial charge in [-0.1, -0.05) is 42.1 Å². The van der Waals surface area contributed by atoms with Crippen LogP contribution in [-0.2, 0) is 6.54 Å². The van der Waals surface area contributed by atoms with Crippen LogP contribution < -0.4 is 5.32 Å². The van der Waals surface area contributed by atoms with Crippen molar-refractivity contribution >= 4 is 15.9 Å². The van der Waals surface area contributed by atoms with Gasteiger partial charge in [0.25, 0.3) is 0 Å². The highest BCUT2D eigenvalue weighted by Crippen LogP contribution is 2.17. The van der Waals surface area contributed by atoms with Crippen LogP contribution in [0.4, 0.5) is 4.39 Å². The zero-order valence-electron chi connectivity index (χ0n) is 9.73. The lowest BCUT2D eigenvalue weighted by Crippen LogP contribution is -2.15. The fourth-order valence-corrected chi connectivity index (χ4v) is 1.97. The maximum Gasteiger partial charge on any atom is 0.123 e. The average Bonchev–Trinajstić information content (AvgIpc) is 2.28. The predicted octanol–water partition coefficient (Wildman–Crippen LogP) is 4.26. The quantitative estimate of drug-likeness (QED) is 0.739. The molecule has 0 aliphatic carbocycles. The molecule has 0 heterocycles. The van der Waals surface area contributed by atoms with E-state index in [1.807, 2.05) is 0 Å². The summed E-state index contributed by atoms with van der Waals surface area (Å²) in [5.74, 6) is -0.175. The number of halogens is 2. The third-order valence-electron chi connectivity index (χ3n) is 2.53. The molecule has 0 atom stereocenters. The number of unbranched alkanes of at least 4 members (excludes halogenated alkanes) is 3. The van der Waals surface area contributed by atoms with Crippen molar-refractivity contribution in [1.82, 2.24) is 5.32 Å². The van der Waals surface area contributed by atoms with Crippen LogP contribution in [0.25, 0.3) is 0 Å². The van der Waals surface area contributed by atoms with Gasteiger partial charge in [-0.25, -0.2) is 4.39 Å². The van der Waals surface area contributed by atoms with Crippen LogP contribution in [-0.4, -0.2) is 6.54 Å². The largest absolute Gasteiger partial charge is 0.313 e. The highest BCUT2D eigenvalue weighted by Gasteiger charge is 2.00. The molecular weight excluding hydrogens is 269 g/mol. The van der Waals surface area contributed by atoms with Crippen molar-refractivity contribution in [3.63, 3.8) is 0 Å². The summed E-state index contributed by atoms with van der Waals surface area (Å²) in [6, 6.07) is 4.79. The molecule has 0 aromatic heterocycles. The van der Waals surface area contributed by atoms with Crippen LogP contribution in [0, 0.1) is 5.82 Å². The summed E-state index contributed by atoms with van der Waals surface area (Å²) in [5, 5.41) is 3.33. The summed E-state index contributed by atoms with van der Waals surface area (Å²) in [5.41, 5.74) is 0.982. The average molecular weight is 288 g/mol. The van der Waals surface area contributed by atoms with E-state index in [0.717, 1.165) is 23.1 Å². The molecule has 0 radical (unpaired) electrons. The first kappa shape index (κ1) is 13.7. The second-order valence-corrected chi connectivity index (χ2v) is 4.83. The highest BCUT2D eigenvalue weighted by atomic mass is 79.9. The third kappa shape index (κ3) is 5.08. The van der Waals surface area contributed by atoms with E-state index in [-0.39, 0.29) is 5.82 Å². The lowest BCUT2D eigenvalue weighted by molar-refractivity contribution is 0.591. The van der Waals surface area contributed by atoms with E-state index in [4.69, 9.17) is 0 Å². The summed E-state index contributed by atoms with van der Waals surface area (Å²) in [4.78, 5) is 0. The van der Waals surface area contributed by atoms with Crippen LogP contribution >= 0.6 is 15.9 Å². The molecule has 0 saturated carbocycles. The molecular formula is C13H19BrFN. The number of rotatable bonds is 7. The first-order valence-corrected chi connectivity index (χ1v) is 6.68. The zero-order valence-corrected chi connectivity index (χ0v) is 11.3. The Labute approximate surface area is 106 Å². The van der Waals surface area contributed by atoms with E-state index in [9.17, 15) is 4.39 Å². The second kappa shape index (κ2) is 7.80. The van der Waals surface area contributed by atoms with Crippen LogP contribution in [0.5, 0.6) is 0 Å². The lowest BCUT2D eigenvalue weighted by Gasteiger charge is -2.06.